The molecule has 3 saturated carbocycles. The molecule has 6 heterocycles. The number of amides is 3. The minimum Gasteiger partial charge on any atom is -0.490 e. The molecule has 3 amide bonds. The number of ether oxygens (including phenoxy) is 3. The number of carbonyl (C=O) groups excluding carboxylic acids is 3. The number of sulfonamides is 1. The third-order valence-electron chi connectivity index (χ3n) is 32.2. The summed E-state index contributed by atoms with van der Waals surface area (Å²) in [5, 5.41) is 67.3. The zero-order valence-electron chi connectivity index (χ0n) is 75.2. The second-order valence-corrected chi connectivity index (χ2v) is 48.0. The predicted octanol–water partition coefficient (Wildman–Crippen LogP) is 15.5. The van der Waals surface area contributed by atoms with Crippen molar-refractivity contribution in [3.63, 3.8) is 0 Å². The molecule has 6 aromatic rings. The maximum Gasteiger partial charge on any atom is 0.264 e. The van der Waals surface area contributed by atoms with Gasteiger partial charge in [0, 0.05) is 97.8 Å². The molecule has 0 saturated heterocycles. The van der Waals surface area contributed by atoms with Crippen LogP contribution in [0.15, 0.2) is 109 Å². The molecule has 6 aliphatic heterocycles. The predicted molar refractivity (Wildman–Crippen MR) is 515 cm³/mol. The number of hydrogen-bond acceptors (Lipinski definition) is 19. The molecular weight excluding hydrogens is 1760 g/mol. The Bertz CT molecular complexity index is 4970. The van der Waals surface area contributed by atoms with E-state index in [0.717, 1.165) is 141 Å². The van der Waals surface area contributed by atoms with Crippen molar-refractivity contribution in [2.75, 3.05) is 93.6 Å². The van der Waals surface area contributed by atoms with Crippen molar-refractivity contribution in [3.8, 4) is 17.2 Å². The monoisotopic (exact) mass is 1890 g/mol. The number of aryl methyl sites for hydroxylation is 3. The van der Waals surface area contributed by atoms with Gasteiger partial charge in [0.2, 0.25) is 10.0 Å². The number of hydrogen-bond donors (Lipinski definition) is 9. The smallest absolute Gasteiger partial charge is 0.264 e. The highest BCUT2D eigenvalue weighted by molar-refractivity contribution is 7.99. The van der Waals surface area contributed by atoms with Crippen molar-refractivity contribution in [1.82, 2.24) is 14.2 Å². The molecular formula is C101H133Cl3N6O16S3. The fourth-order valence-electron chi connectivity index (χ4n) is 24.4. The summed E-state index contributed by atoms with van der Waals surface area (Å²) >= 11 is 19.2. The summed E-state index contributed by atoms with van der Waals surface area (Å²) in [6.45, 7) is 10.4. The van der Waals surface area contributed by atoms with Gasteiger partial charge in [-0.25, -0.2) is 21.6 Å². The van der Waals surface area contributed by atoms with Crippen LogP contribution in [0.4, 0.5) is 17.1 Å². The molecule has 3 fully saturated rings. The maximum atomic E-state index is 13.7. The van der Waals surface area contributed by atoms with Crippen LogP contribution in [0.1, 0.15) is 259 Å². The second kappa shape index (κ2) is 38.9. The summed E-state index contributed by atoms with van der Waals surface area (Å²) in [5.41, 5.74) is 6.70. The molecule has 2 unspecified atom stereocenters. The van der Waals surface area contributed by atoms with Crippen molar-refractivity contribution in [1.29, 1.82) is 0 Å². The summed E-state index contributed by atoms with van der Waals surface area (Å²) in [6.07, 6.45) is 23.1. The Morgan fingerprint density at radius 2 is 0.690 bits per heavy atom. The Labute approximate surface area is 778 Å². The Hall–Kier alpha value is -6.85. The number of anilines is 3. The van der Waals surface area contributed by atoms with E-state index in [1.807, 2.05) is 56.3 Å². The molecule has 18 rings (SSSR count). The van der Waals surface area contributed by atoms with Gasteiger partial charge in [0.15, 0.2) is 0 Å². The van der Waals surface area contributed by atoms with Crippen LogP contribution in [0.25, 0.3) is 0 Å². The van der Waals surface area contributed by atoms with E-state index >= 15 is 0 Å². The number of halogens is 3. The number of aliphatic hydroxyl groups is 6. The fourth-order valence-corrected chi connectivity index (χ4v) is 29.8. The SMILES string of the molecule is C=S1(=O)NC(=O)c2ccc3c(c2)N(C[C@@H]2CC[C@H]2[C@@](O)(CO)CCCC[C@H]1CC)C[C@@]1(CCCc2cc(Cl)ccc21)CO3.C=S1(=O)NC(=O)c2ccc3c(c2)N(C[C@@H]2CC[C@H]2[C@](O)(CO)CCCC[C@H]1CC)C[C@@]1(CCCc2cc(Cl)ccc21)CO3.CC[C@@H]1CCCC[C@](O)(CO)[C@@H]2CC[C@H]2CN2C[C@@]3(CCCc4cc(Cl)ccc43)COc3ccc(cc32)C(=O)NS1(=O)=O. The molecule has 9 N–H and O–H groups in total. The Balaban J connectivity index is 0.000000142. The van der Waals surface area contributed by atoms with Gasteiger partial charge in [-0.15, -0.1) is 0 Å². The topological polar surface area (TPSA) is 314 Å². The lowest BCUT2D eigenvalue weighted by molar-refractivity contribution is -0.117. The van der Waals surface area contributed by atoms with Crippen molar-refractivity contribution in [3.05, 3.63) is 174 Å². The molecule has 0 aromatic heterocycles. The molecule has 22 nitrogen and oxygen atoms in total. The van der Waals surface area contributed by atoms with Crippen molar-refractivity contribution in [2.45, 2.75) is 262 Å². The highest BCUT2D eigenvalue weighted by Crippen LogP contribution is 2.55. The van der Waals surface area contributed by atoms with Gasteiger partial charge in [-0.3, -0.25) is 23.8 Å². The van der Waals surface area contributed by atoms with Gasteiger partial charge in [0.25, 0.3) is 17.7 Å². The molecule has 3 spiro atoms. The first-order valence-corrected chi connectivity index (χ1v) is 53.8. The van der Waals surface area contributed by atoms with Gasteiger partial charge in [-0.05, 0) is 326 Å². The number of fused-ring (bicyclic) bond motifs is 12. The largest absolute Gasteiger partial charge is 0.490 e. The summed E-state index contributed by atoms with van der Waals surface area (Å²) in [4.78, 5) is 47.4. The highest BCUT2D eigenvalue weighted by Gasteiger charge is 2.54. The van der Waals surface area contributed by atoms with Crippen LogP contribution < -0.4 is 43.1 Å². The number of benzene rings is 6. The highest BCUT2D eigenvalue weighted by atomic mass is 35.5. The molecule has 0 radical (unpaired) electrons. The van der Waals surface area contributed by atoms with E-state index in [1.165, 1.54) is 33.4 Å². The molecule has 28 heteroatoms. The number of nitrogens with one attached hydrogen (secondary N) is 3. The standard InChI is InChI=1S/2C34H45ClN2O5S.C33H43ClN2O6S/c2*1-3-27-8-4-5-16-34(40,21-38)29-12-9-25(29)19-37-20-33(15-6-7-23-17-26(35)11-13-28(23)33)22-42-31-14-10-24(18-30(31)37)32(39)36-43(27,2)41;1-2-26-7-3-4-15-33(39,20-37)28-11-8-24(28)18-36-19-32(14-5-6-22-16-25(34)10-12-27(22)32)21-42-30-13-9-23(17-29(30)36)31(38)35-43(26,40)41/h2*10-11,13-14,17-18,25,27,29,38,40H,2-9,12,15-16,19-22H2,1H3,(H,36,39,41);9-10,12-13,16-17,24,26,28,37,39H,2-8,11,14-15,18-21H2,1H3,(H,35,38)/t25-,27+,29+,33-,34+,43?;25-,27+,29+,33-,34-,43?;24-,26+,28+,32-,33-/m000/s1. The molecule has 6 aliphatic carbocycles. The van der Waals surface area contributed by atoms with E-state index in [1.54, 1.807) is 37.3 Å². The third kappa shape index (κ3) is 19.6. The third-order valence-corrected chi connectivity index (χ3v) is 39.2. The average Bonchev–Trinajstić information content (AvgIpc) is 1.69. The molecule has 17 atom stereocenters. The molecule has 702 valence electrons. The van der Waals surface area contributed by atoms with Crippen LogP contribution in [0.3, 0.4) is 0 Å². The number of aliphatic hydroxyl groups excluding tert-OH is 3. The van der Waals surface area contributed by atoms with Crippen LogP contribution in [0, 0.1) is 35.5 Å². The number of carbonyl (C=O) groups is 3. The van der Waals surface area contributed by atoms with Gasteiger partial charge in [-0.2, -0.15) is 0 Å². The first-order chi connectivity index (χ1) is 61.7. The van der Waals surface area contributed by atoms with Crippen molar-refractivity contribution >= 4 is 111 Å². The van der Waals surface area contributed by atoms with Crippen LogP contribution in [0.5, 0.6) is 17.2 Å². The van der Waals surface area contributed by atoms with E-state index < -0.39 is 57.4 Å². The lowest BCUT2D eigenvalue weighted by Crippen LogP contribution is -2.54. The van der Waals surface area contributed by atoms with E-state index in [2.05, 4.69) is 77.0 Å². The molecule has 6 aromatic carbocycles. The van der Waals surface area contributed by atoms with Gasteiger partial charge < -0.3 is 59.5 Å². The summed E-state index contributed by atoms with van der Waals surface area (Å²) in [6, 6.07) is 34.6. The minimum absolute atomic E-state index is 0.0167. The molecule has 6 bridgehead atoms. The lowest BCUT2D eigenvalue weighted by atomic mass is 9.63. The summed E-state index contributed by atoms with van der Waals surface area (Å²) in [5.74, 6) is 9.06. The summed E-state index contributed by atoms with van der Waals surface area (Å²) < 4.78 is 81.5. The fraction of sp³-hybridized carbons (Fsp3) is 0.594. The Morgan fingerprint density at radius 1 is 0.388 bits per heavy atom. The number of rotatable bonds is 6. The summed E-state index contributed by atoms with van der Waals surface area (Å²) in [7, 11) is -9.73. The van der Waals surface area contributed by atoms with E-state index in [0.29, 0.717) is 171 Å². The Morgan fingerprint density at radius 3 is 0.977 bits per heavy atom. The van der Waals surface area contributed by atoms with E-state index in [4.69, 9.17) is 49.0 Å². The first-order valence-electron chi connectivity index (χ1n) is 47.6. The molecule has 129 heavy (non-hydrogen) atoms. The maximum absolute atomic E-state index is 13.7. The van der Waals surface area contributed by atoms with Gasteiger partial charge in [-0.1, -0.05) is 112 Å². The zero-order chi connectivity index (χ0) is 91.2. The van der Waals surface area contributed by atoms with E-state index in [-0.39, 0.29) is 99.5 Å². The first kappa shape index (κ1) is 95.3. The average molecular weight is 1890 g/mol. The van der Waals surface area contributed by atoms with E-state index in [9.17, 15) is 61.9 Å². The van der Waals surface area contributed by atoms with Crippen LogP contribution >= 0.6 is 34.8 Å². The van der Waals surface area contributed by atoms with Crippen LogP contribution in [0.2, 0.25) is 15.1 Å². The zero-order valence-corrected chi connectivity index (χ0v) is 79.9. The van der Waals surface area contributed by atoms with Crippen molar-refractivity contribution < 1.29 is 76.1 Å². The minimum atomic E-state index is -3.91. The second-order valence-electron chi connectivity index (χ2n) is 40.1. The normalized spacial score (nSPS) is 33.9. The van der Waals surface area contributed by atoms with Crippen LogP contribution in [-0.4, -0.2) is 188 Å². The lowest BCUT2D eigenvalue weighted by Gasteiger charge is -2.49. The quantitative estimate of drug-likeness (QED) is 0.0700. The van der Waals surface area contributed by atoms with Gasteiger partial charge in [0.1, 0.15) is 17.2 Å². The van der Waals surface area contributed by atoms with Crippen molar-refractivity contribution in [2.24, 2.45) is 35.5 Å². The van der Waals surface area contributed by atoms with Gasteiger partial charge in [0.05, 0.1) is 98.2 Å². The Kier molecular flexibility index (Phi) is 28.7. The molecule has 12 aliphatic rings. The van der Waals surface area contributed by atoms with Gasteiger partial charge >= 0.3 is 0 Å². The number of nitrogens with zero attached hydrogens (tertiary/aromatic N) is 3. The van der Waals surface area contributed by atoms with Crippen LogP contribution in [-0.2, 0) is 64.9 Å².